The van der Waals surface area contributed by atoms with Gasteiger partial charge in [0.05, 0.1) is 15.6 Å². The molecule has 0 unspecified atom stereocenters. The van der Waals surface area contributed by atoms with E-state index in [1.165, 1.54) is 12.1 Å². The number of nitro groups is 1. The summed E-state index contributed by atoms with van der Waals surface area (Å²) in [7, 11) is 0. The van der Waals surface area contributed by atoms with Crippen LogP contribution in [0.4, 0.5) is 16.2 Å². The van der Waals surface area contributed by atoms with Crippen LogP contribution in [0.2, 0.25) is 5.02 Å². The quantitative estimate of drug-likeness (QED) is 0.523. The molecule has 1 fully saturated rings. The molecule has 1 aliphatic heterocycles. The van der Waals surface area contributed by atoms with Gasteiger partial charge < -0.3 is 5.32 Å². The van der Waals surface area contributed by atoms with Crippen LogP contribution in [-0.4, -0.2) is 22.4 Å². The van der Waals surface area contributed by atoms with Gasteiger partial charge in [-0.15, -0.1) is 0 Å². The van der Waals surface area contributed by atoms with Gasteiger partial charge in [0.1, 0.15) is 5.54 Å². The lowest BCUT2D eigenvalue weighted by molar-refractivity contribution is -0.384. The predicted octanol–water partition coefficient (Wildman–Crippen LogP) is 3.11. The zero-order chi connectivity index (χ0) is 16.7. The lowest BCUT2D eigenvalue weighted by Crippen LogP contribution is -2.45. The van der Waals surface area contributed by atoms with E-state index in [0.29, 0.717) is 6.42 Å². The zero-order valence-corrected chi connectivity index (χ0v) is 13.2. The second-order valence-corrected chi connectivity index (χ2v) is 6.30. The molecule has 1 N–H and O–H groups in total. The van der Waals surface area contributed by atoms with Gasteiger partial charge in [0.25, 0.3) is 11.6 Å². The number of carbonyl (C=O) groups is 2. The fourth-order valence-electron chi connectivity index (χ4n) is 2.65. The third-order valence-corrected chi connectivity index (χ3v) is 3.76. The van der Waals surface area contributed by atoms with Crippen molar-refractivity contribution in [3.63, 3.8) is 0 Å². The van der Waals surface area contributed by atoms with Crippen LogP contribution in [0.15, 0.2) is 18.2 Å². The number of nitrogens with one attached hydrogen (secondary N) is 1. The van der Waals surface area contributed by atoms with Crippen LogP contribution in [0.1, 0.15) is 27.2 Å². The largest absolute Gasteiger partial charge is 0.329 e. The molecule has 2 rings (SSSR count). The molecule has 1 saturated heterocycles. The number of urea groups is 1. The van der Waals surface area contributed by atoms with Crippen LogP contribution >= 0.6 is 11.6 Å². The predicted molar refractivity (Wildman–Crippen MR) is 82.0 cm³/mol. The first kappa shape index (κ1) is 16.2. The Morgan fingerprint density at radius 1 is 1.41 bits per heavy atom. The summed E-state index contributed by atoms with van der Waals surface area (Å²) in [6, 6.07) is 3.05. The summed E-state index contributed by atoms with van der Waals surface area (Å²) in [5, 5.41) is 13.4. The van der Waals surface area contributed by atoms with Gasteiger partial charge in [0, 0.05) is 12.1 Å². The molecule has 1 atom stereocenters. The first-order valence-electron chi connectivity index (χ1n) is 6.76. The molecular weight excluding hydrogens is 310 g/mol. The lowest BCUT2D eigenvalue weighted by atomic mass is 9.91. The van der Waals surface area contributed by atoms with Crippen molar-refractivity contribution in [1.29, 1.82) is 0 Å². The van der Waals surface area contributed by atoms with Gasteiger partial charge in [-0.2, -0.15) is 0 Å². The van der Waals surface area contributed by atoms with E-state index in [0.717, 1.165) is 11.0 Å². The molecule has 3 amide bonds. The van der Waals surface area contributed by atoms with Crippen molar-refractivity contribution < 1.29 is 14.5 Å². The zero-order valence-electron chi connectivity index (χ0n) is 12.4. The van der Waals surface area contributed by atoms with Crippen LogP contribution in [-0.2, 0) is 4.79 Å². The number of imide groups is 1. The molecule has 0 aromatic heterocycles. The number of rotatable bonds is 4. The van der Waals surface area contributed by atoms with Gasteiger partial charge in [0.2, 0.25) is 0 Å². The standard InChI is InChI=1S/C14H16ClN3O4/c1-8(2)7-14(3)12(19)17(13(20)16-14)11-5-4-9(18(21)22)6-10(11)15/h4-6,8H,7H2,1-3H3,(H,16,20)/t14-/m1/s1. The van der Waals surface area contributed by atoms with Crippen molar-refractivity contribution >= 4 is 34.9 Å². The molecule has 0 saturated carbocycles. The average Bonchev–Trinajstić information content (AvgIpc) is 2.59. The Bertz CT molecular complexity index is 661. The maximum atomic E-state index is 12.6. The maximum Gasteiger partial charge on any atom is 0.329 e. The minimum atomic E-state index is -1.00. The van der Waals surface area contributed by atoms with Crippen molar-refractivity contribution in [1.82, 2.24) is 5.32 Å². The van der Waals surface area contributed by atoms with E-state index >= 15 is 0 Å². The summed E-state index contributed by atoms with van der Waals surface area (Å²) in [6.07, 6.45) is 0.485. The molecule has 118 valence electrons. The number of nitro benzene ring substituents is 1. The maximum absolute atomic E-state index is 12.6. The van der Waals surface area contributed by atoms with Crippen LogP contribution in [0.3, 0.4) is 0 Å². The summed E-state index contributed by atoms with van der Waals surface area (Å²) >= 11 is 6.00. The third kappa shape index (κ3) is 2.76. The number of anilines is 1. The number of hydrogen-bond donors (Lipinski definition) is 1. The minimum Gasteiger partial charge on any atom is -0.323 e. The fourth-order valence-corrected chi connectivity index (χ4v) is 2.91. The van der Waals surface area contributed by atoms with Gasteiger partial charge in [-0.05, 0) is 25.3 Å². The first-order valence-corrected chi connectivity index (χ1v) is 7.14. The van der Waals surface area contributed by atoms with Crippen LogP contribution in [0.5, 0.6) is 0 Å². The number of amides is 3. The van der Waals surface area contributed by atoms with E-state index in [9.17, 15) is 19.7 Å². The highest BCUT2D eigenvalue weighted by Gasteiger charge is 2.49. The van der Waals surface area contributed by atoms with E-state index < -0.39 is 22.4 Å². The van der Waals surface area contributed by atoms with Gasteiger partial charge in [-0.1, -0.05) is 25.4 Å². The smallest absolute Gasteiger partial charge is 0.323 e. The minimum absolute atomic E-state index is 0.0218. The van der Waals surface area contributed by atoms with E-state index in [1.807, 2.05) is 13.8 Å². The second-order valence-electron chi connectivity index (χ2n) is 5.89. The Labute approximate surface area is 132 Å². The molecule has 0 aliphatic carbocycles. The van der Waals surface area contributed by atoms with Crippen LogP contribution < -0.4 is 10.2 Å². The molecule has 7 nitrogen and oxygen atoms in total. The Morgan fingerprint density at radius 2 is 2.05 bits per heavy atom. The number of benzene rings is 1. The monoisotopic (exact) mass is 325 g/mol. The summed E-state index contributed by atoms with van der Waals surface area (Å²) in [6.45, 7) is 5.56. The van der Waals surface area contributed by atoms with Crippen molar-refractivity contribution in [2.24, 2.45) is 5.92 Å². The summed E-state index contributed by atoms with van der Waals surface area (Å²) in [5.74, 6) is -0.205. The molecule has 1 aliphatic rings. The van der Waals surface area contributed by atoms with Gasteiger partial charge in [0.15, 0.2) is 0 Å². The molecule has 1 aromatic rings. The van der Waals surface area contributed by atoms with E-state index in [-0.39, 0.29) is 22.3 Å². The topological polar surface area (TPSA) is 92.6 Å². The number of carbonyl (C=O) groups excluding carboxylic acids is 2. The van der Waals surface area contributed by atoms with Gasteiger partial charge >= 0.3 is 6.03 Å². The van der Waals surface area contributed by atoms with Crippen molar-refractivity contribution in [3.8, 4) is 0 Å². The summed E-state index contributed by atoms with van der Waals surface area (Å²) in [5.41, 5.74) is -1.07. The van der Waals surface area contributed by atoms with E-state index in [4.69, 9.17) is 11.6 Å². The summed E-state index contributed by atoms with van der Waals surface area (Å²) < 4.78 is 0. The molecule has 0 spiro atoms. The van der Waals surface area contributed by atoms with E-state index in [1.54, 1.807) is 6.92 Å². The van der Waals surface area contributed by atoms with Crippen molar-refractivity contribution in [2.45, 2.75) is 32.7 Å². The fraction of sp³-hybridized carbons (Fsp3) is 0.429. The molecule has 1 aromatic carbocycles. The Morgan fingerprint density at radius 3 is 2.55 bits per heavy atom. The van der Waals surface area contributed by atoms with Gasteiger partial charge in [-0.3, -0.25) is 14.9 Å². The Balaban J connectivity index is 2.39. The van der Waals surface area contributed by atoms with Crippen LogP contribution in [0.25, 0.3) is 0 Å². The number of nitrogens with zero attached hydrogens (tertiary/aromatic N) is 2. The Hall–Kier alpha value is -2.15. The van der Waals surface area contributed by atoms with Crippen molar-refractivity contribution in [2.75, 3.05) is 4.90 Å². The SMILES string of the molecule is CC(C)C[C@@]1(C)NC(=O)N(c2ccc([N+](=O)[O-])cc2Cl)C1=O. The Kier molecular flexibility index (Phi) is 4.10. The average molecular weight is 326 g/mol. The first-order chi connectivity index (χ1) is 10.2. The molecule has 1 heterocycles. The lowest BCUT2D eigenvalue weighted by Gasteiger charge is -2.23. The molecule has 0 radical (unpaired) electrons. The number of halogens is 1. The molecule has 0 bridgehead atoms. The van der Waals surface area contributed by atoms with E-state index in [2.05, 4.69) is 5.32 Å². The van der Waals surface area contributed by atoms with Gasteiger partial charge in [-0.25, -0.2) is 9.69 Å². The third-order valence-electron chi connectivity index (χ3n) is 3.46. The second kappa shape index (κ2) is 5.57. The number of non-ortho nitro benzene ring substituents is 1. The normalized spacial score (nSPS) is 21.4. The molecule has 22 heavy (non-hydrogen) atoms. The highest BCUT2D eigenvalue weighted by Crippen LogP contribution is 2.35. The highest BCUT2D eigenvalue weighted by atomic mass is 35.5. The van der Waals surface area contributed by atoms with Crippen LogP contribution in [0, 0.1) is 16.0 Å². The van der Waals surface area contributed by atoms with Crippen molar-refractivity contribution in [3.05, 3.63) is 33.3 Å². The molecular formula is C14H16ClN3O4. The molecule has 8 heteroatoms. The summed E-state index contributed by atoms with van der Waals surface area (Å²) in [4.78, 5) is 35.8. The number of hydrogen-bond acceptors (Lipinski definition) is 4. The highest BCUT2D eigenvalue weighted by molar-refractivity contribution is 6.36.